The predicted molar refractivity (Wildman–Crippen MR) is 155 cm³/mol. The van der Waals surface area contributed by atoms with Crippen LogP contribution < -0.4 is 0 Å². The summed E-state index contributed by atoms with van der Waals surface area (Å²) >= 11 is 0. The van der Waals surface area contributed by atoms with Crippen LogP contribution in [0.5, 0.6) is 0 Å². The molecule has 0 fully saturated rings. The molecular weight excluding hydrogens is 512 g/mol. The van der Waals surface area contributed by atoms with E-state index in [0.29, 0.717) is 22.4 Å². The fraction of sp³-hybridized carbons (Fsp3) is 0.419. The second-order valence-electron chi connectivity index (χ2n) is 12.4. The molecule has 2 aliphatic carbocycles. The maximum atomic E-state index is 13.4. The summed E-state index contributed by atoms with van der Waals surface area (Å²) in [6.45, 7) is 18.8. The number of aryl methyl sites for hydroxylation is 1. The van der Waals surface area contributed by atoms with Gasteiger partial charge in [0.1, 0.15) is 5.71 Å². The van der Waals surface area contributed by atoms with Gasteiger partial charge in [0.05, 0.1) is 10.6 Å². The van der Waals surface area contributed by atoms with Crippen molar-refractivity contribution in [1.29, 1.82) is 0 Å². The first-order valence-corrected chi connectivity index (χ1v) is 14.4. The summed E-state index contributed by atoms with van der Waals surface area (Å²) in [5, 5.41) is 4.26. The summed E-state index contributed by atoms with van der Waals surface area (Å²) in [7, 11) is -4.04. The van der Waals surface area contributed by atoms with Crippen molar-refractivity contribution in [3.05, 3.63) is 76.1 Å². The summed E-state index contributed by atoms with van der Waals surface area (Å²) in [5.41, 5.74) is 2.37. The molecule has 1 aromatic rings. The molecule has 3 rings (SSSR count). The molecule has 7 nitrogen and oxygen atoms in total. The Balaban J connectivity index is 2.13. The van der Waals surface area contributed by atoms with E-state index in [0.717, 1.165) is 5.56 Å². The Labute approximate surface area is 232 Å². The van der Waals surface area contributed by atoms with Crippen LogP contribution >= 0.6 is 0 Å². The van der Waals surface area contributed by atoms with Gasteiger partial charge in [-0.15, -0.1) is 0 Å². The number of allylic oxidation sites excluding steroid dienone is 7. The Morgan fingerprint density at radius 2 is 1.31 bits per heavy atom. The Bertz CT molecular complexity index is 1460. The van der Waals surface area contributed by atoms with E-state index in [1.54, 1.807) is 31.2 Å². The maximum absolute atomic E-state index is 13.4. The first-order chi connectivity index (χ1) is 17.8. The van der Waals surface area contributed by atoms with E-state index in [4.69, 9.17) is 4.84 Å². The summed E-state index contributed by atoms with van der Waals surface area (Å²) in [4.78, 5) is 32.4. The minimum Gasteiger partial charge on any atom is -0.352 e. The van der Waals surface area contributed by atoms with Gasteiger partial charge < -0.3 is 4.84 Å². The van der Waals surface area contributed by atoms with E-state index >= 15 is 0 Å². The number of hydrogen-bond donors (Lipinski definition) is 0. The van der Waals surface area contributed by atoms with Crippen LogP contribution in [0.15, 0.2) is 85.0 Å². The predicted octanol–water partition coefficient (Wildman–Crippen LogP) is 6.46. The second kappa shape index (κ2) is 10.6. The summed E-state index contributed by atoms with van der Waals surface area (Å²) < 4.78 is 30.2. The summed E-state index contributed by atoms with van der Waals surface area (Å²) in [5.74, 6) is -0.736. The van der Waals surface area contributed by atoms with Crippen LogP contribution in [0.3, 0.4) is 0 Å². The largest absolute Gasteiger partial charge is 0.352 e. The lowest BCUT2D eigenvalue weighted by molar-refractivity contribution is -0.116. The van der Waals surface area contributed by atoms with E-state index in [1.165, 1.54) is 18.2 Å². The van der Waals surface area contributed by atoms with Crippen molar-refractivity contribution in [1.82, 2.24) is 0 Å². The second-order valence-corrected chi connectivity index (χ2v) is 14.0. The number of carbonyl (C=O) groups excluding carboxylic acids is 2. The highest BCUT2D eigenvalue weighted by molar-refractivity contribution is 7.90. The van der Waals surface area contributed by atoms with E-state index in [2.05, 4.69) is 9.55 Å². The van der Waals surface area contributed by atoms with Crippen molar-refractivity contribution in [2.45, 2.75) is 74.1 Å². The molecule has 1 aromatic carbocycles. The zero-order valence-electron chi connectivity index (χ0n) is 24.5. The van der Waals surface area contributed by atoms with Crippen LogP contribution in [0.4, 0.5) is 0 Å². The Morgan fingerprint density at radius 3 is 1.77 bits per heavy atom. The molecule has 0 radical (unpaired) electrons. The van der Waals surface area contributed by atoms with Gasteiger partial charge in [0.15, 0.2) is 5.78 Å². The van der Waals surface area contributed by atoms with Crippen molar-refractivity contribution in [2.75, 3.05) is 0 Å². The molecular formula is C31H38N2O5S. The zero-order chi connectivity index (χ0) is 29.5. The van der Waals surface area contributed by atoms with E-state index in [1.807, 2.05) is 62.3 Å². The summed E-state index contributed by atoms with van der Waals surface area (Å²) in [6.07, 6.45) is 4.86. The van der Waals surface area contributed by atoms with Crippen LogP contribution in [-0.4, -0.2) is 31.4 Å². The molecule has 39 heavy (non-hydrogen) atoms. The van der Waals surface area contributed by atoms with Crippen molar-refractivity contribution in [3.63, 3.8) is 0 Å². The molecule has 0 spiro atoms. The van der Waals surface area contributed by atoms with Crippen molar-refractivity contribution < 1.29 is 22.8 Å². The molecule has 0 heterocycles. The van der Waals surface area contributed by atoms with E-state index in [9.17, 15) is 18.0 Å². The molecule has 0 unspecified atom stereocenters. The van der Waals surface area contributed by atoms with Crippen molar-refractivity contribution in [3.8, 4) is 0 Å². The molecule has 0 saturated carbocycles. The minimum atomic E-state index is -4.04. The highest BCUT2D eigenvalue weighted by Crippen LogP contribution is 2.37. The minimum absolute atomic E-state index is 0.0427. The number of nitrogens with zero attached hydrogens (tertiary/aromatic N) is 2. The zero-order valence-corrected chi connectivity index (χ0v) is 25.3. The van der Waals surface area contributed by atoms with E-state index < -0.39 is 20.9 Å². The van der Waals surface area contributed by atoms with Crippen LogP contribution in [0.2, 0.25) is 0 Å². The molecule has 0 aromatic heterocycles. The molecule has 8 heteroatoms. The van der Waals surface area contributed by atoms with Crippen LogP contribution in [0.25, 0.3) is 0 Å². The van der Waals surface area contributed by atoms with Crippen molar-refractivity contribution in [2.24, 2.45) is 26.3 Å². The molecule has 0 saturated heterocycles. The topological polar surface area (TPSA) is 102 Å². The standard InChI is InChI=1S/C31H38N2O5S/c1-18(2)23-17-26(33-39(36,37)22-13-11-19(3)12-14-22)20(4)29(27(23)34)38-32-21-15-24(30(5,6)7)28(35)25(16-21)31(8,9)10/h11-18H,1-10H3. The molecule has 0 amide bonds. The lowest BCUT2D eigenvalue weighted by Crippen LogP contribution is -2.29. The first kappa shape index (κ1) is 30.2. The fourth-order valence-corrected chi connectivity index (χ4v) is 5.18. The van der Waals surface area contributed by atoms with Crippen LogP contribution in [0, 0.1) is 23.7 Å². The van der Waals surface area contributed by atoms with Gasteiger partial charge in [-0.25, -0.2) is 0 Å². The van der Waals surface area contributed by atoms with Crippen molar-refractivity contribution >= 4 is 33.0 Å². The lowest BCUT2D eigenvalue weighted by Gasteiger charge is -2.30. The quantitative estimate of drug-likeness (QED) is 0.309. The van der Waals surface area contributed by atoms with Gasteiger partial charge in [0.2, 0.25) is 11.5 Å². The van der Waals surface area contributed by atoms with Crippen LogP contribution in [0.1, 0.15) is 67.9 Å². The lowest BCUT2D eigenvalue weighted by atomic mass is 9.72. The third kappa shape index (κ3) is 6.61. The number of ketones is 2. The Kier molecular flexibility index (Phi) is 8.23. The third-order valence-corrected chi connectivity index (χ3v) is 7.88. The molecule has 0 bridgehead atoms. The monoisotopic (exact) mass is 550 g/mol. The molecule has 0 N–H and O–H groups in total. The summed E-state index contributed by atoms with van der Waals surface area (Å²) in [6, 6.07) is 6.41. The molecule has 0 aliphatic heterocycles. The van der Waals surface area contributed by atoms with Gasteiger partial charge in [-0.3, -0.25) is 9.59 Å². The number of hydrogen-bond acceptors (Lipinski definition) is 6. The first-order valence-electron chi connectivity index (χ1n) is 13.0. The average Bonchev–Trinajstić information content (AvgIpc) is 2.80. The third-order valence-electron chi connectivity index (χ3n) is 6.58. The maximum Gasteiger partial charge on any atom is 0.282 e. The van der Waals surface area contributed by atoms with Gasteiger partial charge in [-0.1, -0.05) is 78.2 Å². The van der Waals surface area contributed by atoms with Gasteiger partial charge >= 0.3 is 0 Å². The molecule has 2 aliphatic rings. The van der Waals surface area contributed by atoms with Gasteiger partial charge in [-0.05, 0) is 61.0 Å². The van der Waals surface area contributed by atoms with E-state index in [-0.39, 0.29) is 39.4 Å². The number of carbonyl (C=O) groups is 2. The SMILES string of the molecule is CC1=C(ON=C2C=C(C(C)(C)C)C(=O)C(C(C)(C)C)=C2)C(=O)C(C(C)C)=CC1=NS(=O)(=O)c1ccc(C)cc1. The highest BCUT2D eigenvalue weighted by atomic mass is 32.2. The number of rotatable bonds is 5. The molecule has 208 valence electrons. The number of benzene rings is 1. The normalized spacial score (nSPS) is 18.4. The number of sulfonamides is 1. The smallest absolute Gasteiger partial charge is 0.282 e. The Hall–Kier alpha value is -3.39. The van der Waals surface area contributed by atoms with Gasteiger partial charge in [0.25, 0.3) is 10.0 Å². The number of Topliss-reactive ketones (excluding diaryl/α,β-unsaturated/α-hetero) is 2. The number of oxime groups is 1. The van der Waals surface area contributed by atoms with Gasteiger partial charge in [0, 0.05) is 22.3 Å². The highest BCUT2D eigenvalue weighted by Gasteiger charge is 2.35. The Morgan fingerprint density at radius 1 is 0.795 bits per heavy atom. The molecule has 0 atom stereocenters. The van der Waals surface area contributed by atoms with Crippen LogP contribution in [-0.2, 0) is 24.4 Å². The average molecular weight is 551 g/mol. The van der Waals surface area contributed by atoms with Gasteiger partial charge in [-0.2, -0.15) is 12.8 Å². The fourth-order valence-electron chi connectivity index (χ4n) is 4.14.